The number of carbonyl (C=O) groups excluding carboxylic acids is 1. The van der Waals surface area contributed by atoms with Gasteiger partial charge < -0.3 is 10.5 Å². The minimum absolute atomic E-state index is 0.245. The van der Waals surface area contributed by atoms with E-state index in [-0.39, 0.29) is 11.4 Å². The lowest BCUT2D eigenvalue weighted by Gasteiger charge is -2.24. The van der Waals surface area contributed by atoms with Crippen LogP contribution < -0.4 is 5.73 Å². The van der Waals surface area contributed by atoms with Crippen LogP contribution in [0, 0.1) is 5.41 Å². The molecule has 3 heteroatoms. The summed E-state index contributed by atoms with van der Waals surface area (Å²) in [6.45, 7) is 9.62. The maximum Gasteiger partial charge on any atom is 0.323 e. The van der Waals surface area contributed by atoms with Crippen molar-refractivity contribution in [3.05, 3.63) is 12.7 Å². The largest absolute Gasteiger partial charge is 0.464 e. The van der Waals surface area contributed by atoms with E-state index in [1.807, 2.05) is 20.8 Å². The average Bonchev–Trinajstić information content (AvgIpc) is 2.01. The molecule has 1 unspecified atom stereocenters. The highest BCUT2D eigenvalue weighted by atomic mass is 16.5. The van der Waals surface area contributed by atoms with Crippen molar-refractivity contribution >= 4 is 5.97 Å². The quantitative estimate of drug-likeness (QED) is 0.410. The van der Waals surface area contributed by atoms with Crippen LogP contribution in [0.1, 0.15) is 27.2 Å². The molecule has 0 aliphatic rings. The van der Waals surface area contributed by atoms with Crippen molar-refractivity contribution < 1.29 is 9.53 Å². The number of rotatable bonds is 4. The molecule has 0 aromatic carbocycles. The molecule has 0 fully saturated rings. The Balaban J connectivity index is 3.90. The summed E-state index contributed by atoms with van der Waals surface area (Å²) in [5.74, 6) is -0.339. The van der Waals surface area contributed by atoms with E-state index in [0.717, 1.165) is 0 Å². The van der Waals surface area contributed by atoms with Gasteiger partial charge in [0.2, 0.25) is 0 Å². The molecule has 13 heavy (non-hydrogen) atoms. The highest BCUT2D eigenvalue weighted by Gasteiger charge is 2.28. The minimum atomic E-state index is -0.558. The first kappa shape index (κ1) is 12.2. The molecule has 76 valence electrons. The van der Waals surface area contributed by atoms with E-state index in [1.54, 1.807) is 6.08 Å². The Kier molecular flexibility index (Phi) is 4.70. The van der Waals surface area contributed by atoms with Crippen LogP contribution in [0.15, 0.2) is 12.7 Å². The summed E-state index contributed by atoms with van der Waals surface area (Å²) in [5.41, 5.74) is 5.43. The van der Waals surface area contributed by atoms with Crippen LogP contribution in [0.2, 0.25) is 0 Å². The second kappa shape index (κ2) is 5.02. The molecule has 0 spiro atoms. The second-order valence-corrected chi connectivity index (χ2v) is 4.09. The lowest BCUT2D eigenvalue weighted by Crippen LogP contribution is -2.43. The standard InChI is InChI=1S/C10H19NO2/c1-5-6-7-13-9(12)8(11)10(2,3)4/h5,8H,1,6-7,11H2,2-4H3. The number of nitrogens with two attached hydrogens (primary N) is 1. The molecular formula is C10H19NO2. The lowest BCUT2D eigenvalue weighted by molar-refractivity contribution is -0.147. The summed E-state index contributed by atoms with van der Waals surface area (Å²) < 4.78 is 4.94. The molecule has 0 bridgehead atoms. The van der Waals surface area contributed by atoms with E-state index >= 15 is 0 Å². The van der Waals surface area contributed by atoms with E-state index < -0.39 is 6.04 Å². The minimum Gasteiger partial charge on any atom is -0.464 e. The van der Waals surface area contributed by atoms with Crippen LogP contribution in [-0.4, -0.2) is 18.6 Å². The summed E-state index contributed by atoms with van der Waals surface area (Å²) in [5, 5.41) is 0. The molecule has 0 saturated heterocycles. The maximum absolute atomic E-state index is 11.3. The molecule has 0 aliphatic carbocycles. The monoisotopic (exact) mass is 185 g/mol. The summed E-state index contributed by atoms with van der Waals surface area (Å²) >= 11 is 0. The Morgan fingerprint density at radius 1 is 1.62 bits per heavy atom. The molecule has 3 nitrogen and oxygen atoms in total. The van der Waals surface area contributed by atoms with Gasteiger partial charge in [0.15, 0.2) is 0 Å². The average molecular weight is 185 g/mol. The van der Waals surface area contributed by atoms with Crippen LogP contribution in [0.25, 0.3) is 0 Å². The summed E-state index contributed by atoms with van der Waals surface area (Å²) in [6.07, 6.45) is 2.37. The predicted octanol–water partition coefficient (Wildman–Crippen LogP) is 1.48. The molecule has 0 rings (SSSR count). The fourth-order valence-corrected chi connectivity index (χ4v) is 0.686. The van der Waals surface area contributed by atoms with E-state index in [4.69, 9.17) is 10.5 Å². The van der Waals surface area contributed by atoms with Gasteiger partial charge in [0, 0.05) is 0 Å². The SMILES string of the molecule is C=CCCOC(=O)C(N)C(C)(C)C. The first-order valence-corrected chi connectivity index (χ1v) is 4.42. The summed E-state index contributed by atoms with van der Waals surface area (Å²) in [6, 6.07) is -0.558. The van der Waals surface area contributed by atoms with E-state index in [1.165, 1.54) is 0 Å². The van der Waals surface area contributed by atoms with Crippen LogP contribution >= 0.6 is 0 Å². The Hall–Kier alpha value is -0.830. The van der Waals surface area contributed by atoms with Crippen molar-refractivity contribution in [1.82, 2.24) is 0 Å². The topological polar surface area (TPSA) is 52.3 Å². The molecule has 0 heterocycles. The van der Waals surface area contributed by atoms with Crippen LogP contribution in [-0.2, 0) is 9.53 Å². The third-order valence-corrected chi connectivity index (χ3v) is 1.75. The number of hydrogen-bond acceptors (Lipinski definition) is 3. The number of hydrogen-bond donors (Lipinski definition) is 1. The van der Waals surface area contributed by atoms with E-state index in [9.17, 15) is 4.79 Å². The maximum atomic E-state index is 11.3. The second-order valence-electron chi connectivity index (χ2n) is 4.09. The molecule has 0 aromatic heterocycles. The van der Waals surface area contributed by atoms with Crippen molar-refractivity contribution in [3.8, 4) is 0 Å². The fourth-order valence-electron chi connectivity index (χ4n) is 0.686. The van der Waals surface area contributed by atoms with Gasteiger partial charge in [0.1, 0.15) is 6.04 Å². The van der Waals surface area contributed by atoms with Gasteiger partial charge in [-0.2, -0.15) is 0 Å². The Morgan fingerprint density at radius 2 is 2.15 bits per heavy atom. The molecule has 0 radical (unpaired) electrons. The number of carbonyl (C=O) groups is 1. The molecule has 0 aromatic rings. The zero-order chi connectivity index (χ0) is 10.5. The third-order valence-electron chi connectivity index (χ3n) is 1.75. The van der Waals surface area contributed by atoms with Crippen molar-refractivity contribution in [1.29, 1.82) is 0 Å². The van der Waals surface area contributed by atoms with Crippen molar-refractivity contribution in [3.63, 3.8) is 0 Å². The molecule has 0 amide bonds. The van der Waals surface area contributed by atoms with Gasteiger partial charge in [-0.15, -0.1) is 6.58 Å². The molecule has 0 aliphatic heterocycles. The Morgan fingerprint density at radius 3 is 2.54 bits per heavy atom. The molecule has 1 atom stereocenters. The highest BCUT2D eigenvalue weighted by Crippen LogP contribution is 2.18. The lowest BCUT2D eigenvalue weighted by atomic mass is 9.87. The molecule has 2 N–H and O–H groups in total. The predicted molar refractivity (Wildman–Crippen MR) is 53.2 cm³/mol. The molecule has 0 saturated carbocycles. The third kappa shape index (κ3) is 4.68. The normalized spacial score (nSPS) is 13.5. The van der Waals surface area contributed by atoms with Gasteiger partial charge in [-0.3, -0.25) is 4.79 Å². The van der Waals surface area contributed by atoms with Gasteiger partial charge >= 0.3 is 5.97 Å². The van der Waals surface area contributed by atoms with Gasteiger partial charge in [-0.25, -0.2) is 0 Å². The zero-order valence-corrected chi connectivity index (χ0v) is 8.67. The number of esters is 1. The molecular weight excluding hydrogens is 166 g/mol. The van der Waals surface area contributed by atoms with Crippen LogP contribution in [0.4, 0.5) is 0 Å². The van der Waals surface area contributed by atoms with Crippen LogP contribution in [0.5, 0.6) is 0 Å². The van der Waals surface area contributed by atoms with Crippen LogP contribution in [0.3, 0.4) is 0 Å². The summed E-state index contributed by atoms with van der Waals surface area (Å²) in [7, 11) is 0. The van der Waals surface area contributed by atoms with Crippen molar-refractivity contribution in [2.24, 2.45) is 11.1 Å². The zero-order valence-electron chi connectivity index (χ0n) is 8.67. The van der Waals surface area contributed by atoms with E-state index in [2.05, 4.69) is 6.58 Å². The van der Waals surface area contributed by atoms with Gasteiger partial charge in [0.25, 0.3) is 0 Å². The Bertz CT molecular complexity index is 182. The van der Waals surface area contributed by atoms with E-state index in [0.29, 0.717) is 13.0 Å². The van der Waals surface area contributed by atoms with Gasteiger partial charge in [-0.1, -0.05) is 26.8 Å². The fraction of sp³-hybridized carbons (Fsp3) is 0.700. The summed E-state index contributed by atoms with van der Waals surface area (Å²) in [4.78, 5) is 11.3. The highest BCUT2D eigenvalue weighted by molar-refractivity contribution is 5.76. The smallest absolute Gasteiger partial charge is 0.323 e. The van der Waals surface area contributed by atoms with Gasteiger partial charge in [-0.05, 0) is 11.8 Å². The first-order chi connectivity index (χ1) is 5.89. The number of ether oxygens (including phenoxy) is 1. The van der Waals surface area contributed by atoms with Crippen molar-refractivity contribution in [2.45, 2.75) is 33.2 Å². The van der Waals surface area contributed by atoms with Crippen molar-refractivity contribution in [2.75, 3.05) is 6.61 Å². The first-order valence-electron chi connectivity index (χ1n) is 4.42. The Labute approximate surface area is 79.9 Å². The van der Waals surface area contributed by atoms with Gasteiger partial charge in [0.05, 0.1) is 6.61 Å².